The second kappa shape index (κ2) is 5.96. The van der Waals surface area contributed by atoms with Crippen molar-refractivity contribution in [3.8, 4) is 0 Å². The molecule has 5 nitrogen and oxygen atoms in total. The second-order valence-corrected chi connectivity index (χ2v) is 9.34. The first-order valence-electron chi connectivity index (χ1n) is 7.93. The van der Waals surface area contributed by atoms with E-state index in [9.17, 15) is 13.2 Å². The van der Waals surface area contributed by atoms with Gasteiger partial charge >= 0.3 is 0 Å². The first-order chi connectivity index (χ1) is 10.0. The van der Waals surface area contributed by atoms with Crippen molar-refractivity contribution in [1.82, 2.24) is 9.62 Å². The fourth-order valence-corrected chi connectivity index (χ4v) is 4.38. The van der Waals surface area contributed by atoms with Gasteiger partial charge in [0.05, 0.1) is 12.2 Å². The Kier molecular flexibility index (Phi) is 4.74. The smallest absolute Gasteiger partial charge is 0.226 e. The molecule has 1 aliphatic carbocycles. The molecule has 126 valence electrons. The van der Waals surface area contributed by atoms with Gasteiger partial charge in [-0.3, -0.25) is 4.79 Å². The van der Waals surface area contributed by atoms with Crippen LogP contribution in [0.25, 0.3) is 0 Å². The number of rotatable bonds is 4. The van der Waals surface area contributed by atoms with Crippen LogP contribution in [-0.4, -0.2) is 44.6 Å². The Morgan fingerprint density at radius 1 is 1.23 bits per heavy atom. The average Bonchev–Trinajstić information content (AvgIpc) is 2.88. The van der Waals surface area contributed by atoms with E-state index in [0.29, 0.717) is 31.8 Å². The molecule has 2 atom stereocenters. The molecule has 2 rings (SSSR count). The topological polar surface area (TPSA) is 66.5 Å². The quantitative estimate of drug-likeness (QED) is 0.800. The highest BCUT2D eigenvalue weighted by atomic mass is 32.2. The number of carbonyl (C=O) groups excluding carboxylic acids is 1. The van der Waals surface area contributed by atoms with Crippen molar-refractivity contribution < 1.29 is 13.2 Å². The zero-order valence-electron chi connectivity index (χ0n) is 14.2. The van der Waals surface area contributed by atoms with Crippen molar-refractivity contribution in [2.24, 2.45) is 17.3 Å². The molecule has 0 radical (unpaired) electrons. The molecular formula is C16H28N2O3S. The Morgan fingerprint density at radius 2 is 1.77 bits per heavy atom. The summed E-state index contributed by atoms with van der Waals surface area (Å²) in [6.07, 6.45) is 4.78. The number of amides is 1. The minimum atomic E-state index is -3.17. The molecule has 6 heteroatoms. The third kappa shape index (κ3) is 3.90. The van der Waals surface area contributed by atoms with E-state index in [0.717, 1.165) is 0 Å². The summed E-state index contributed by atoms with van der Waals surface area (Å²) >= 11 is 0. The number of likely N-dealkylation sites (tertiary alicyclic amines) is 1. The Balaban J connectivity index is 1.92. The van der Waals surface area contributed by atoms with Gasteiger partial charge < -0.3 is 4.90 Å². The van der Waals surface area contributed by atoms with E-state index in [2.05, 4.69) is 38.5 Å². The summed E-state index contributed by atoms with van der Waals surface area (Å²) in [6.45, 7) is 9.71. The number of allylic oxidation sites excluding steroid dienone is 2. The summed E-state index contributed by atoms with van der Waals surface area (Å²) in [4.78, 5) is 14.6. The largest absolute Gasteiger partial charge is 0.342 e. The van der Waals surface area contributed by atoms with Crippen LogP contribution >= 0.6 is 0 Å². The lowest BCUT2D eigenvalue weighted by Crippen LogP contribution is -2.47. The summed E-state index contributed by atoms with van der Waals surface area (Å²) in [5.74, 6) is 0.629. The van der Waals surface area contributed by atoms with Crippen LogP contribution in [0.3, 0.4) is 0 Å². The number of piperidine rings is 1. The van der Waals surface area contributed by atoms with Crippen molar-refractivity contribution >= 4 is 15.9 Å². The van der Waals surface area contributed by atoms with Gasteiger partial charge in [-0.2, -0.15) is 0 Å². The zero-order valence-corrected chi connectivity index (χ0v) is 15.0. The van der Waals surface area contributed by atoms with E-state index in [4.69, 9.17) is 0 Å². The predicted octanol–water partition coefficient (Wildman–Crippen LogP) is 1.76. The van der Waals surface area contributed by atoms with Crippen LogP contribution in [0.15, 0.2) is 11.6 Å². The predicted molar refractivity (Wildman–Crippen MR) is 87.8 cm³/mol. The molecule has 0 bridgehead atoms. The van der Waals surface area contributed by atoms with Crippen LogP contribution in [0.2, 0.25) is 0 Å². The Bertz CT molecular complexity index is 568. The van der Waals surface area contributed by atoms with Gasteiger partial charge in [-0.25, -0.2) is 13.1 Å². The average molecular weight is 328 g/mol. The lowest BCUT2D eigenvalue weighted by molar-refractivity contribution is -0.134. The molecule has 1 aliphatic heterocycles. The van der Waals surface area contributed by atoms with E-state index in [-0.39, 0.29) is 23.3 Å². The highest BCUT2D eigenvalue weighted by Crippen LogP contribution is 2.60. The summed E-state index contributed by atoms with van der Waals surface area (Å²) in [5.41, 5.74) is 1.29. The van der Waals surface area contributed by atoms with Crippen LogP contribution in [0.1, 0.15) is 40.5 Å². The van der Waals surface area contributed by atoms with Crippen LogP contribution < -0.4 is 4.72 Å². The monoisotopic (exact) mass is 328 g/mol. The standard InChI is InChI=1S/C16H28N2O3S/c1-11(2)10-13-14(16(13,3)4)15(19)18-8-6-12(7-9-18)17-22(5,20)21/h10,12-14,17H,6-9H2,1-5H3. The van der Waals surface area contributed by atoms with Gasteiger partial charge in [0.15, 0.2) is 0 Å². The number of carbonyl (C=O) groups is 1. The van der Waals surface area contributed by atoms with Crippen molar-refractivity contribution in [2.75, 3.05) is 19.3 Å². The van der Waals surface area contributed by atoms with Crippen LogP contribution in [-0.2, 0) is 14.8 Å². The molecule has 1 N–H and O–H groups in total. The highest BCUT2D eigenvalue weighted by molar-refractivity contribution is 7.88. The molecule has 22 heavy (non-hydrogen) atoms. The Hall–Kier alpha value is -0.880. The third-order valence-electron chi connectivity index (χ3n) is 4.88. The number of sulfonamides is 1. The van der Waals surface area contributed by atoms with E-state index in [1.54, 1.807) is 0 Å². The van der Waals surface area contributed by atoms with Crippen molar-refractivity contribution in [1.29, 1.82) is 0 Å². The van der Waals surface area contributed by atoms with Gasteiger partial charge in [0.2, 0.25) is 15.9 Å². The number of hydrogen-bond donors (Lipinski definition) is 1. The van der Waals surface area contributed by atoms with E-state index in [1.165, 1.54) is 11.8 Å². The van der Waals surface area contributed by atoms with Crippen LogP contribution in [0, 0.1) is 17.3 Å². The molecular weight excluding hydrogens is 300 g/mol. The van der Waals surface area contributed by atoms with E-state index >= 15 is 0 Å². The summed E-state index contributed by atoms with van der Waals surface area (Å²) in [7, 11) is -3.17. The first kappa shape index (κ1) is 17.5. The number of hydrogen-bond acceptors (Lipinski definition) is 3. The van der Waals surface area contributed by atoms with Gasteiger partial charge in [-0.15, -0.1) is 0 Å². The molecule has 0 aromatic carbocycles. The molecule has 1 heterocycles. The highest BCUT2D eigenvalue weighted by Gasteiger charge is 2.61. The summed E-state index contributed by atoms with van der Waals surface area (Å²) in [6, 6.07) is -0.0418. The minimum absolute atomic E-state index is 0.0379. The molecule has 0 spiro atoms. The van der Waals surface area contributed by atoms with Crippen LogP contribution in [0.5, 0.6) is 0 Å². The molecule has 0 aromatic heterocycles. The molecule has 2 aliphatic rings. The minimum Gasteiger partial charge on any atom is -0.342 e. The molecule has 2 fully saturated rings. The molecule has 1 saturated heterocycles. The Labute approximate surface area is 134 Å². The van der Waals surface area contributed by atoms with Gasteiger partial charge in [0, 0.05) is 19.1 Å². The van der Waals surface area contributed by atoms with Gasteiger partial charge in [0.1, 0.15) is 0 Å². The molecule has 0 aromatic rings. The maximum atomic E-state index is 12.7. The molecule has 1 amide bonds. The first-order valence-corrected chi connectivity index (χ1v) is 9.82. The SMILES string of the molecule is CC(C)=CC1C(C(=O)N2CCC(NS(C)(=O)=O)CC2)C1(C)C. The van der Waals surface area contributed by atoms with Crippen molar-refractivity contribution in [2.45, 2.75) is 46.6 Å². The maximum Gasteiger partial charge on any atom is 0.226 e. The normalized spacial score (nSPS) is 28.3. The van der Waals surface area contributed by atoms with E-state index < -0.39 is 10.0 Å². The van der Waals surface area contributed by atoms with Crippen molar-refractivity contribution in [3.63, 3.8) is 0 Å². The number of nitrogens with zero attached hydrogens (tertiary/aromatic N) is 1. The lowest BCUT2D eigenvalue weighted by Gasteiger charge is -2.32. The molecule has 1 saturated carbocycles. The number of nitrogens with one attached hydrogen (secondary N) is 1. The van der Waals surface area contributed by atoms with Crippen molar-refractivity contribution in [3.05, 3.63) is 11.6 Å². The Morgan fingerprint density at radius 3 is 2.23 bits per heavy atom. The summed E-state index contributed by atoms with van der Waals surface area (Å²) < 4.78 is 25.2. The maximum absolute atomic E-state index is 12.7. The van der Waals surface area contributed by atoms with Crippen LogP contribution in [0.4, 0.5) is 0 Å². The lowest BCUT2D eigenvalue weighted by atomic mass is 10.0. The fraction of sp³-hybridized carbons (Fsp3) is 0.812. The van der Waals surface area contributed by atoms with E-state index in [1.807, 2.05) is 4.90 Å². The fourth-order valence-electron chi connectivity index (χ4n) is 3.54. The zero-order chi connectivity index (χ0) is 16.7. The third-order valence-corrected chi connectivity index (χ3v) is 5.64. The van der Waals surface area contributed by atoms with Gasteiger partial charge in [-0.05, 0) is 38.0 Å². The van der Waals surface area contributed by atoms with Gasteiger partial charge in [-0.1, -0.05) is 25.5 Å². The molecule has 2 unspecified atom stereocenters. The van der Waals surface area contributed by atoms with Gasteiger partial charge in [0.25, 0.3) is 0 Å². The summed E-state index contributed by atoms with van der Waals surface area (Å²) in [5, 5.41) is 0. The second-order valence-electron chi connectivity index (χ2n) is 7.56.